The minimum absolute atomic E-state index is 0.0620. The van der Waals surface area contributed by atoms with E-state index < -0.39 is 29.5 Å². The Morgan fingerprint density at radius 3 is 2.52 bits per heavy atom. The second kappa shape index (κ2) is 9.30. The fourth-order valence-electron chi connectivity index (χ4n) is 2.03. The van der Waals surface area contributed by atoms with Gasteiger partial charge in [0.15, 0.2) is 0 Å². The van der Waals surface area contributed by atoms with Crippen LogP contribution in [0.1, 0.15) is 49.5 Å². The van der Waals surface area contributed by atoms with Gasteiger partial charge in [0.05, 0.1) is 22.5 Å². The second-order valence-electron chi connectivity index (χ2n) is 6.35. The van der Waals surface area contributed by atoms with E-state index in [1.165, 1.54) is 18.4 Å². The van der Waals surface area contributed by atoms with Crippen LogP contribution in [0.3, 0.4) is 0 Å². The number of ether oxygens (including phenoxy) is 2. The predicted octanol–water partition coefficient (Wildman–Crippen LogP) is 2.36. The van der Waals surface area contributed by atoms with Gasteiger partial charge in [-0.05, 0) is 43.1 Å². The molecule has 0 radical (unpaired) electrons. The molecule has 0 saturated carbocycles. The molecule has 0 aliphatic rings. The van der Waals surface area contributed by atoms with Crippen molar-refractivity contribution >= 4 is 45.1 Å². The molecule has 1 aromatic heterocycles. The minimum Gasteiger partial charge on any atom is -0.465 e. The monoisotopic (exact) mass is 434 g/mol. The third-order valence-corrected chi connectivity index (χ3v) is 5.02. The summed E-state index contributed by atoms with van der Waals surface area (Å²) in [5.41, 5.74) is 5.92. The standard InChI is InChI=1S/C16H23BrN2O5S/c1-16(2,3)24-12(20)6-5-11(14(18)21)19-7-9-10(15(22)23-4)8-25-13(9)17/h8,11,19H,5-7H2,1-4H3,(H2,18,21). The van der Waals surface area contributed by atoms with E-state index in [4.69, 9.17) is 15.2 Å². The largest absolute Gasteiger partial charge is 0.465 e. The van der Waals surface area contributed by atoms with Crippen molar-refractivity contribution in [1.29, 1.82) is 0 Å². The average molecular weight is 435 g/mol. The first-order valence-corrected chi connectivity index (χ1v) is 9.31. The third-order valence-electron chi connectivity index (χ3n) is 3.17. The van der Waals surface area contributed by atoms with Gasteiger partial charge in [0.25, 0.3) is 0 Å². The van der Waals surface area contributed by atoms with E-state index in [0.29, 0.717) is 11.1 Å². The second-order valence-corrected chi connectivity index (χ2v) is 8.55. The SMILES string of the molecule is COC(=O)c1csc(Br)c1CNC(CCC(=O)OC(C)(C)C)C(N)=O. The maximum absolute atomic E-state index is 11.8. The number of hydrogen-bond donors (Lipinski definition) is 2. The zero-order valence-electron chi connectivity index (χ0n) is 14.7. The molecule has 1 atom stereocenters. The van der Waals surface area contributed by atoms with Crippen LogP contribution in [0.25, 0.3) is 0 Å². The summed E-state index contributed by atoms with van der Waals surface area (Å²) < 4.78 is 10.7. The molecule has 7 nitrogen and oxygen atoms in total. The summed E-state index contributed by atoms with van der Waals surface area (Å²) in [6, 6.07) is -0.718. The van der Waals surface area contributed by atoms with Crippen LogP contribution < -0.4 is 11.1 Å². The molecule has 1 aromatic rings. The lowest BCUT2D eigenvalue weighted by atomic mass is 10.1. The maximum atomic E-state index is 11.8. The van der Waals surface area contributed by atoms with Gasteiger partial charge < -0.3 is 20.5 Å². The first kappa shape index (κ1) is 21.6. The van der Waals surface area contributed by atoms with E-state index in [1.54, 1.807) is 26.2 Å². The number of carbonyl (C=O) groups is 3. The number of carbonyl (C=O) groups excluding carboxylic acids is 3. The van der Waals surface area contributed by atoms with Crippen molar-refractivity contribution in [2.45, 2.75) is 51.8 Å². The predicted molar refractivity (Wildman–Crippen MR) is 98.3 cm³/mol. The summed E-state index contributed by atoms with van der Waals surface area (Å²) >= 11 is 4.72. The molecule has 140 valence electrons. The maximum Gasteiger partial charge on any atom is 0.339 e. The third kappa shape index (κ3) is 7.13. The van der Waals surface area contributed by atoms with Crippen molar-refractivity contribution in [3.63, 3.8) is 0 Å². The van der Waals surface area contributed by atoms with E-state index in [1.807, 2.05) is 0 Å². The van der Waals surface area contributed by atoms with Gasteiger partial charge in [0.1, 0.15) is 5.60 Å². The molecular weight excluding hydrogens is 412 g/mol. The Bertz CT molecular complexity index is 639. The molecule has 0 spiro atoms. The van der Waals surface area contributed by atoms with Crippen molar-refractivity contribution in [1.82, 2.24) is 5.32 Å². The molecule has 0 aliphatic heterocycles. The first-order chi connectivity index (χ1) is 11.5. The van der Waals surface area contributed by atoms with Crippen molar-refractivity contribution in [2.24, 2.45) is 5.73 Å². The van der Waals surface area contributed by atoms with Gasteiger partial charge in [-0.1, -0.05) is 0 Å². The molecule has 0 aromatic carbocycles. The lowest BCUT2D eigenvalue weighted by Gasteiger charge is -2.20. The number of hydrogen-bond acceptors (Lipinski definition) is 7. The van der Waals surface area contributed by atoms with Gasteiger partial charge in [-0.2, -0.15) is 0 Å². The Balaban J connectivity index is 2.68. The highest BCUT2D eigenvalue weighted by Gasteiger charge is 2.22. The molecule has 3 N–H and O–H groups in total. The summed E-state index contributed by atoms with van der Waals surface area (Å²) in [7, 11) is 1.30. The van der Waals surface area contributed by atoms with Crippen LogP contribution in [-0.4, -0.2) is 36.6 Å². The number of nitrogens with one attached hydrogen (secondary N) is 1. The summed E-state index contributed by atoms with van der Waals surface area (Å²) in [6.45, 7) is 5.56. The van der Waals surface area contributed by atoms with Gasteiger partial charge in [-0.25, -0.2) is 4.79 Å². The van der Waals surface area contributed by atoms with Crippen LogP contribution in [0.15, 0.2) is 9.17 Å². The topological polar surface area (TPSA) is 108 Å². The zero-order valence-corrected chi connectivity index (χ0v) is 17.1. The van der Waals surface area contributed by atoms with Crippen LogP contribution in [0.5, 0.6) is 0 Å². The molecule has 1 amide bonds. The van der Waals surface area contributed by atoms with Crippen molar-refractivity contribution in [3.05, 3.63) is 20.3 Å². The van der Waals surface area contributed by atoms with Crippen LogP contribution in [-0.2, 0) is 25.6 Å². The van der Waals surface area contributed by atoms with E-state index in [2.05, 4.69) is 21.2 Å². The summed E-state index contributed by atoms with van der Waals surface area (Å²) in [4.78, 5) is 35.2. The van der Waals surface area contributed by atoms with Gasteiger partial charge in [-0.3, -0.25) is 9.59 Å². The van der Waals surface area contributed by atoms with Crippen molar-refractivity contribution in [3.8, 4) is 0 Å². The number of halogens is 1. The van der Waals surface area contributed by atoms with Gasteiger partial charge in [0.2, 0.25) is 5.91 Å². The fraction of sp³-hybridized carbons (Fsp3) is 0.562. The number of thiophene rings is 1. The molecule has 0 saturated heterocycles. The number of nitrogens with two attached hydrogens (primary N) is 1. The molecule has 1 rings (SSSR count). The molecule has 0 bridgehead atoms. The van der Waals surface area contributed by atoms with E-state index in [0.717, 1.165) is 3.79 Å². The molecule has 25 heavy (non-hydrogen) atoms. The summed E-state index contributed by atoms with van der Waals surface area (Å²) in [5.74, 6) is -1.43. The molecule has 0 aliphatic carbocycles. The van der Waals surface area contributed by atoms with Crippen molar-refractivity contribution in [2.75, 3.05) is 7.11 Å². The van der Waals surface area contributed by atoms with E-state index in [-0.39, 0.29) is 19.4 Å². The Labute approximate surface area is 159 Å². The van der Waals surface area contributed by atoms with E-state index in [9.17, 15) is 14.4 Å². The lowest BCUT2D eigenvalue weighted by Crippen LogP contribution is -2.41. The number of esters is 2. The van der Waals surface area contributed by atoms with Crippen LogP contribution in [0, 0.1) is 0 Å². The summed E-state index contributed by atoms with van der Waals surface area (Å²) in [6.07, 6.45) is 0.270. The highest BCUT2D eigenvalue weighted by molar-refractivity contribution is 9.11. The Kier molecular flexibility index (Phi) is 8.04. The highest BCUT2D eigenvalue weighted by atomic mass is 79.9. The minimum atomic E-state index is -0.718. The Morgan fingerprint density at radius 2 is 2.00 bits per heavy atom. The van der Waals surface area contributed by atoms with Gasteiger partial charge >= 0.3 is 11.9 Å². The molecule has 1 unspecified atom stereocenters. The average Bonchev–Trinajstić information content (AvgIpc) is 2.85. The zero-order chi connectivity index (χ0) is 19.2. The highest BCUT2D eigenvalue weighted by Crippen LogP contribution is 2.29. The van der Waals surface area contributed by atoms with Gasteiger partial charge in [0, 0.05) is 23.9 Å². The van der Waals surface area contributed by atoms with Gasteiger partial charge in [-0.15, -0.1) is 11.3 Å². The fourth-order valence-corrected chi connectivity index (χ4v) is 3.45. The summed E-state index contributed by atoms with van der Waals surface area (Å²) in [5, 5.41) is 4.66. The Morgan fingerprint density at radius 1 is 1.36 bits per heavy atom. The number of amides is 1. The lowest BCUT2D eigenvalue weighted by molar-refractivity contribution is -0.155. The van der Waals surface area contributed by atoms with Crippen LogP contribution in [0.2, 0.25) is 0 Å². The van der Waals surface area contributed by atoms with Crippen molar-refractivity contribution < 1.29 is 23.9 Å². The first-order valence-electron chi connectivity index (χ1n) is 7.64. The quantitative estimate of drug-likeness (QED) is 0.607. The molecule has 9 heteroatoms. The van der Waals surface area contributed by atoms with Crippen LogP contribution >= 0.6 is 27.3 Å². The Hall–Kier alpha value is -1.45. The number of methoxy groups -OCH3 is 1. The van der Waals surface area contributed by atoms with E-state index >= 15 is 0 Å². The normalized spacial score (nSPS) is 12.5. The van der Waals surface area contributed by atoms with Crippen LogP contribution in [0.4, 0.5) is 0 Å². The molecular formula is C16H23BrN2O5S. The number of primary amides is 1. The number of rotatable bonds is 8. The molecule has 1 heterocycles. The molecule has 0 fully saturated rings. The smallest absolute Gasteiger partial charge is 0.339 e.